The highest BCUT2D eigenvalue weighted by atomic mass is 16.5. The van der Waals surface area contributed by atoms with E-state index in [1.54, 1.807) is 19.2 Å². The molecule has 0 aliphatic carbocycles. The Kier molecular flexibility index (Phi) is 6.35. The summed E-state index contributed by atoms with van der Waals surface area (Å²) in [6.45, 7) is 3.46. The molecule has 7 heteroatoms. The first-order valence-corrected chi connectivity index (χ1v) is 9.16. The van der Waals surface area contributed by atoms with Crippen LogP contribution in [0.4, 0.5) is 5.69 Å². The van der Waals surface area contributed by atoms with Crippen molar-refractivity contribution in [3.63, 3.8) is 0 Å². The molecule has 0 saturated carbocycles. The lowest BCUT2D eigenvalue weighted by molar-refractivity contribution is -0.131. The Morgan fingerprint density at radius 1 is 1.15 bits per heavy atom. The maximum atomic E-state index is 12.4. The summed E-state index contributed by atoms with van der Waals surface area (Å²) < 4.78 is 10.3. The molecule has 0 bridgehead atoms. The van der Waals surface area contributed by atoms with Crippen LogP contribution in [-0.4, -0.2) is 56.5 Å². The Morgan fingerprint density at radius 3 is 2.67 bits per heavy atom. The van der Waals surface area contributed by atoms with Crippen LogP contribution in [0, 0.1) is 0 Å². The molecule has 0 radical (unpaired) electrons. The molecular formula is C20H25N3O4. The van der Waals surface area contributed by atoms with Gasteiger partial charge in [-0.3, -0.25) is 9.59 Å². The zero-order valence-electron chi connectivity index (χ0n) is 15.5. The summed E-state index contributed by atoms with van der Waals surface area (Å²) >= 11 is 0. The Balaban J connectivity index is 1.37. The van der Waals surface area contributed by atoms with Crippen LogP contribution in [0.25, 0.3) is 0 Å². The minimum atomic E-state index is -0.251. The summed E-state index contributed by atoms with van der Waals surface area (Å²) in [5.74, 6) is 1.00. The van der Waals surface area contributed by atoms with Gasteiger partial charge in [0.05, 0.1) is 13.4 Å². The quantitative estimate of drug-likeness (QED) is 0.755. The average molecular weight is 371 g/mol. The van der Waals surface area contributed by atoms with E-state index in [-0.39, 0.29) is 17.6 Å². The first-order valence-electron chi connectivity index (χ1n) is 9.16. The fourth-order valence-electron chi connectivity index (χ4n) is 3.12. The molecular weight excluding hydrogens is 346 g/mol. The lowest BCUT2D eigenvalue weighted by atomic mass is 10.2. The number of amides is 2. The van der Waals surface area contributed by atoms with Gasteiger partial charge < -0.3 is 24.3 Å². The number of methoxy groups -OCH3 is 1. The molecule has 3 rings (SSSR count). The number of nitrogens with one attached hydrogen (secondary N) is 1. The van der Waals surface area contributed by atoms with Crippen LogP contribution in [0.1, 0.15) is 23.4 Å². The van der Waals surface area contributed by atoms with Gasteiger partial charge in [0.1, 0.15) is 5.75 Å². The number of carbonyl (C=O) groups excluding carboxylic acids is 2. The second-order valence-electron chi connectivity index (χ2n) is 6.41. The van der Waals surface area contributed by atoms with Crippen molar-refractivity contribution < 1.29 is 18.7 Å². The number of rotatable bonds is 7. The predicted octanol–water partition coefficient (Wildman–Crippen LogP) is 2.15. The van der Waals surface area contributed by atoms with Crippen molar-refractivity contribution in [1.82, 2.24) is 10.2 Å². The number of piperazine rings is 1. The molecule has 2 aromatic rings. The van der Waals surface area contributed by atoms with Crippen LogP contribution < -0.4 is 15.0 Å². The Morgan fingerprint density at radius 2 is 1.96 bits per heavy atom. The second kappa shape index (κ2) is 9.12. The van der Waals surface area contributed by atoms with Crippen molar-refractivity contribution in [3.8, 4) is 5.75 Å². The molecule has 2 heterocycles. The molecule has 1 N–H and O–H groups in total. The van der Waals surface area contributed by atoms with Gasteiger partial charge in [0.2, 0.25) is 5.91 Å². The molecule has 1 saturated heterocycles. The molecule has 27 heavy (non-hydrogen) atoms. The summed E-state index contributed by atoms with van der Waals surface area (Å²) in [4.78, 5) is 28.3. The number of benzene rings is 1. The maximum Gasteiger partial charge on any atom is 0.286 e. The van der Waals surface area contributed by atoms with Crippen LogP contribution in [-0.2, 0) is 4.79 Å². The van der Waals surface area contributed by atoms with Crippen LogP contribution in [0.15, 0.2) is 47.1 Å². The first-order chi connectivity index (χ1) is 13.2. The lowest BCUT2D eigenvalue weighted by Gasteiger charge is -2.36. The van der Waals surface area contributed by atoms with Crippen LogP contribution in [0.2, 0.25) is 0 Å². The van der Waals surface area contributed by atoms with E-state index in [1.807, 2.05) is 23.1 Å². The molecule has 1 aromatic carbocycles. The molecule has 0 atom stereocenters. The summed E-state index contributed by atoms with van der Waals surface area (Å²) in [6.07, 6.45) is 2.50. The highest BCUT2D eigenvalue weighted by Gasteiger charge is 2.21. The molecule has 0 spiro atoms. The predicted molar refractivity (Wildman–Crippen MR) is 102 cm³/mol. The summed E-state index contributed by atoms with van der Waals surface area (Å²) in [5, 5.41) is 2.76. The number of furan rings is 1. The van der Waals surface area contributed by atoms with Gasteiger partial charge in [-0.15, -0.1) is 0 Å². The highest BCUT2D eigenvalue weighted by Crippen LogP contribution is 2.22. The van der Waals surface area contributed by atoms with Crippen molar-refractivity contribution >= 4 is 17.5 Å². The van der Waals surface area contributed by atoms with Gasteiger partial charge in [0.15, 0.2) is 5.76 Å². The SMILES string of the molecule is COc1cccc(N2CCN(C(=O)CCCNC(=O)c3ccco3)CC2)c1. The van der Waals surface area contributed by atoms with E-state index in [9.17, 15) is 9.59 Å². The Bertz CT molecular complexity index is 752. The van der Waals surface area contributed by atoms with Gasteiger partial charge in [-0.05, 0) is 30.7 Å². The fourth-order valence-corrected chi connectivity index (χ4v) is 3.12. The van der Waals surface area contributed by atoms with Crippen molar-refractivity contribution in [1.29, 1.82) is 0 Å². The van der Waals surface area contributed by atoms with Gasteiger partial charge >= 0.3 is 0 Å². The van der Waals surface area contributed by atoms with Gasteiger partial charge in [0.25, 0.3) is 5.91 Å². The van der Waals surface area contributed by atoms with Crippen molar-refractivity contribution in [2.45, 2.75) is 12.8 Å². The van der Waals surface area contributed by atoms with Crippen molar-refractivity contribution in [3.05, 3.63) is 48.4 Å². The summed E-state index contributed by atoms with van der Waals surface area (Å²) in [5.41, 5.74) is 1.11. The average Bonchev–Trinajstić information content (AvgIpc) is 3.26. The Labute approximate surface area is 158 Å². The highest BCUT2D eigenvalue weighted by molar-refractivity contribution is 5.91. The van der Waals surface area contributed by atoms with Crippen molar-refractivity contribution in [2.75, 3.05) is 44.7 Å². The summed E-state index contributed by atoms with van der Waals surface area (Å²) in [7, 11) is 1.66. The van der Waals surface area contributed by atoms with E-state index in [4.69, 9.17) is 9.15 Å². The van der Waals surface area contributed by atoms with Gasteiger partial charge in [0, 0.05) is 50.9 Å². The normalized spacial score (nSPS) is 14.1. The number of anilines is 1. The molecule has 1 aliphatic heterocycles. The number of nitrogens with zero attached hydrogens (tertiary/aromatic N) is 2. The lowest BCUT2D eigenvalue weighted by Crippen LogP contribution is -2.48. The van der Waals surface area contributed by atoms with Gasteiger partial charge in [-0.2, -0.15) is 0 Å². The minimum Gasteiger partial charge on any atom is -0.497 e. The number of hydrogen-bond acceptors (Lipinski definition) is 5. The molecule has 1 aliphatic rings. The largest absolute Gasteiger partial charge is 0.497 e. The number of hydrogen-bond donors (Lipinski definition) is 1. The zero-order valence-corrected chi connectivity index (χ0v) is 15.5. The monoisotopic (exact) mass is 371 g/mol. The van der Waals surface area contributed by atoms with Crippen LogP contribution in [0.3, 0.4) is 0 Å². The second-order valence-corrected chi connectivity index (χ2v) is 6.41. The van der Waals surface area contributed by atoms with E-state index in [0.29, 0.717) is 32.5 Å². The van der Waals surface area contributed by atoms with E-state index >= 15 is 0 Å². The van der Waals surface area contributed by atoms with Gasteiger partial charge in [-0.1, -0.05) is 6.07 Å². The summed E-state index contributed by atoms with van der Waals surface area (Å²) in [6, 6.07) is 11.3. The smallest absolute Gasteiger partial charge is 0.286 e. The fraction of sp³-hybridized carbons (Fsp3) is 0.400. The van der Waals surface area contributed by atoms with Crippen molar-refractivity contribution in [2.24, 2.45) is 0 Å². The van der Waals surface area contributed by atoms with Crippen LogP contribution in [0.5, 0.6) is 5.75 Å². The number of ether oxygens (including phenoxy) is 1. The minimum absolute atomic E-state index is 0.132. The molecule has 2 amide bonds. The van der Waals surface area contributed by atoms with Gasteiger partial charge in [-0.25, -0.2) is 0 Å². The molecule has 7 nitrogen and oxygen atoms in total. The first kappa shape index (κ1) is 18.8. The molecule has 144 valence electrons. The Hall–Kier alpha value is -2.96. The molecule has 0 unspecified atom stereocenters. The van der Waals surface area contributed by atoms with E-state index in [1.165, 1.54) is 6.26 Å². The molecule has 1 aromatic heterocycles. The van der Waals surface area contributed by atoms with E-state index in [2.05, 4.69) is 16.3 Å². The standard InChI is InChI=1S/C20H25N3O4/c1-26-17-6-2-5-16(15-17)22-10-12-23(13-11-22)19(24)8-3-9-21-20(25)18-7-4-14-27-18/h2,4-7,14-15H,3,8-13H2,1H3,(H,21,25). The van der Waals surface area contributed by atoms with E-state index < -0.39 is 0 Å². The van der Waals surface area contributed by atoms with E-state index in [0.717, 1.165) is 24.5 Å². The maximum absolute atomic E-state index is 12.4. The number of carbonyl (C=O) groups is 2. The van der Waals surface area contributed by atoms with Crippen LogP contribution >= 0.6 is 0 Å². The molecule has 1 fully saturated rings. The topological polar surface area (TPSA) is 75.0 Å². The third kappa shape index (κ3) is 5.03. The zero-order chi connectivity index (χ0) is 19.1. The third-order valence-electron chi connectivity index (χ3n) is 4.65. The third-order valence-corrected chi connectivity index (χ3v) is 4.65.